The van der Waals surface area contributed by atoms with Crippen LogP contribution in [0.1, 0.15) is 11.1 Å². The molecule has 0 spiro atoms. The molecule has 1 aliphatic heterocycles. The van der Waals surface area contributed by atoms with E-state index in [9.17, 15) is 22.8 Å². The summed E-state index contributed by atoms with van der Waals surface area (Å²) in [6, 6.07) is 3.43. The van der Waals surface area contributed by atoms with Gasteiger partial charge in [-0.3, -0.25) is 4.79 Å². The number of nitrogen functional groups attached to an aromatic ring is 1. The summed E-state index contributed by atoms with van der Waals surface area (Å²) in [7, 11) is 1.07. The third-order valence-electron chi connectivity index (χ3n) is 3.34. The van der Waals surface area contributed by atoms with Gasteiger partial charge >= 0.3 is 18.1 Å². The van der Waals surface area contributed by atoms with Crippen LogP contribution >= 0.6 is 0 Å². The van der Waals surface area contributed by atoms with E-state index in [1.54, 1.807) is 12.1 Å². The summed E-state index contributed by atoms with van der Waals surface area (Å²) >= 11 is 0. The van der Waals surface area contributed by atoms with E-state index < -0.39 is 24.1 Å². The van der Waals surface area contributed by atoms with Gasteiger partial charge in [-0.2, -0.15) is 13.2 Å². The van der Waals surface area contributed by atoms with Crippen molar-refractivity contribution in [2.75, 3.05) is 12.8 Å². The number of hydrogen-bond acceptors (Lipinski definition) is 4. The Hall–Kier alpha value is -2.25. The highest BCUT2D eigenvalue weighted by molar-refractivity contribution is 5.88. The molecule has 1 atom stereocenters. The predicted molar refractivity (Wildman–Crippen MR) is 67.0 cm³/mol. The van der Waals surface area contributed by atoms with E-state index in [1.807, 2.05) is 0 Å². The molecule has 114 valence electrons. The lowest BCUT2D eigenvalue weighted by Gasteiger charge is -2.35. The normalized spacial score (nSPS) is 18.1. The fourth-order valence-electron chi connectivity index (χ4n) is 2.33. The standard InChI is InChI=1S/C13H13F3N2O3/c1-21-11(19)10-5-7-2-3-9(17)4-8(7)6-18(10)12(20)13(14,15)16/h2-4,10H,5-6,17H2,1H3/t10-/m0/s1. The van der Waals surface area contributed by atoms with Crippen molar-refractivity contribution in [1.29, 1.82) is 0 Å². The van der Waals surface area contributed by atoms with Crippen molar-refractivity contribution in [3.63, 3.8) is 0 Å². The van der Waals surface area contributed by atoms with Gasteiger partial charge in [0.05, 0.1) is 7.11 Å². The zero-order chi connectivity index (χ0) is 15.8. The zero-order valence-electron chi connectivity index (χ0n) is 11.1. The molecule has 0 fully saturated rings. The van der Waals surface area contributed by atoms with E-state index in [0.717, 1.165) is 7.11 Å². The first-order valence-corrected chi connectivity index (χ1v) is 6.07. The molecule has 1 aliphatic rings. The van der Waals surface area contributed by atoms with E-state index >= 15 is 0 Å². The largest absolute Gasteiger partial charge is 0.471 e. The molecular formula is C13H13F3N2O3. The fourth-order valence-corrected chi connectivity index (χ4v) is 2.33. The Bertz CT molecular complexity index is 587. The summed E-state index contributed by atoms with van der Waals surface area (Å²) < 4.78 is 42.5. The molecule has 0 radical (unpaired) electrons. The number of alkyl halides is 3. The predicted octanol–water partition coefficient (Wildman–Crippen LogP) is 1.26. The third-order valence-corrected chi connectivity index (χ3v) is 3.34. The molecule has 1 amide bonds. The monoisotopic (exact) mass is 302 g/mol. The van der Waals surface area contributed by atoms with E-state index in [2.05, 4.69) is 4.74 Å². The van der Waals surface area contributed by atoms with E-state index in [1.165, 1.54) is 6.07 Å². The van der Waals surface area contributed by atoms with Gasteiger partial charge < -0.3 is 15.4 Å². The van der Waals surface area contributed by atoms with Gasteiger partial charge in [-0.25, -0.2) is 4.79 Å². The van der Waals surface area contributed by atoms with Gasteiger partial charge in [0.25, 0.3) is 0 Å². The Labute approximate surface area is 118 Å². The molecule has 2 N–H and O–H groups in total. The Morgan fingerprint density at radius 3 is 2.57 bits per heavy atom. The van der Waals surface area contributed by atoms with Crippen LogP contribution < -0.4 is 5.73 Å². The number of nitrogens with two attached hydrogens (primary N) is 1. The van der Waals surface area contributed by atoms with Gasteiger partial charge in [0, 0.05) is 18.7 Å². The van der Waals surface area contributed by atoms with Gasteiger partial charge in [0.1, 0.15) is 6.04 Å². The van der Waals surface area contributed by atoms with Gasteiger partial charge in [0.2, 0.25) is 0 Å². The molecule has 8 heteroatoms. The van der Waals surface area contributed by atoms with Crippen molar-refractivity contribution in [3.05, 3.63) is 29.3 Å². The molecule has 2 rings (SSSR count). The molecule has 5 nitrogen and oxygen atoms in total. The minimum Gasteiger partial charge on any atom is -0.467 e. The van der Waals surface area contributed by atoms with E-state index in [-0.39, 0.29) is 13.0 Å². The van der Waals surface area contributed by atoms with Crippen LogP contribution in [0.3, 0.4) is 0 Å². The molecular weight excluding hydrogens is 289 g/mol. The Morgan fingerprint density at radius 2 is 2.00 bits per heavy atom. The van der Waals surface area contributed by atoms with Gasteiger partial charge in [0.15, 0.2) is 0 Å². The number of anilines is 1. The van der Waals surface area contributed by atoms with Crippen LogP contribution in [0.4, 0.5) is 18.9 Å². The highest BCUT2D eigenvalue weighted by atomic mass is 19.4. The second-order valence-corrected chi connectivity index (χ2v) is 4.70. The number of methoxy groups -OCH3 is 1. The van der Waals surface area contributed by atoms with Crippen molar-refractivity contribution < 1.29 is 27.5 Å². The number of halogens is 3. The first-order valence-electron chi connectivity index (χ1n) is 6.07. The van der Waals surface area contributed by atoms with E-state index in [4.69, 9.17) is 5.73 Å². The zero-order valence-corrected chi connectivity index (χ0v) is 11.1. The van der Waals surface area contributed by atoms with Gasteiger partial charge in [-0.05, 0) is 23.3 Å². The number of hydrogen-bond donors (Lipinski definition) is 1. The average molecular weight is 302 g/mol. The average Bonchev–Trinajstić information content (AvgIpc) is 2.43. The number of esters is 1. The maximum atomic E-state index is 12.7. The number of ether oxygens (including phenoxy) is 1. The lowest BCUT2D eigenvalue weighted by atomic mass is 9.93. The van der Waals surface area contributed by atoms with Crippen LogP contribution in [0.2, 0.25) is 0 Å². The quantitative estimate of drug-likeness (QED) is 0.626. The van der Waals surface area contributed by atoms with Crippen molar-refractivity contribution in [2.45, 2.75) is 25.2 Å². The molecule has 21 heavy (non-hydrogen) atoms. The molecule has 0 saturated carbocycles. The molecule has 1 aromatic carbocycles. The van der Waals surface area contributed by atoms with Crippen molar-refractivity contribution >= 4 is 17.6 Å². The molecule has 1 heterocycles. The minimum absolute atomic E-state index is 0.0376. The number of carbonyl (C=O) groups is 2. The first-order chi connectivity index (χ1) is 9.74. The van der Waals surface area contributed by atoms with Crippen LogP contribution in [0.25, 0.3) is 0 Å². The molecule has 0 aliphatic carbocycles. The second kappa shape index (κ2) is 5.27. The first kappa shape index (κ1) is 15.1. The van der Waals surface area contributed by atoms with Crippen LogP contribution in [0, 0.1) is 0 Å². The van der Waals surface area contributed by atoms with Crippen LogP contribution in [0.15, 0.2) is 18.2 Å². The number of benzene rings is 1. The lowest BCUT2D eigenvalue weighted by molar-refractivity contribution is -0.191. The van der Waals surface area contributed by atoms with Crippen LogP contribution in [-0.4, -0.2) is 36.1 Å². The van der Waals surface area contributed by atoms with Gasteiger partial charge in [-0.15, -0.1) is 0 Å². The second-order valence-electron chi connectivity index (χ2n) is 4.70. The number of carbonyl (C=O) groups excluding carboxylic acids is 2. The third kappa shape index (κ3) is 2.93. The Balaban J connectivity index is 2.41. The van der Waals surface area contributed by atoms with E-state index in [0.29, 0.717) is 21.7 Å². The van der Waals surface area contributed by atoms with Crippen molar-refractivity contribution in [3.8, 4) is 0 Å². The lowest BCUT2D eigenvalue weighted by Crippen LogP contribution is -2.53. The van der Waals surface area contributed by atoms with Crippen molar-refractivity contribution in [1.82, 2.24) is 4.90 Å². The summed E-state index contributed by atoms with van der Waals surface area (Å²) in [5, 5.41) is 0. The number of fused-ring (bicyclic) bond motifs is 1. The molecule has 0 aromatic heterocycles. The van der Waals surface area contributed by atoms with Gasteiger partial charge in [-0.1, -0.05) is 6.07 Å². The molecule has 0 bridgehead atoms. The van der Waals surface area contributed by atoms with Crippen LogP contribution in [-0.2, 0) is 27.3 Å². The summed E-state index contributed by atoms with van der Waals surface area (Å²) in [6.45, 7) is -0.335. The Kier molecular flexibility index (Phi) is 3.80. The summed E-state index contributed by atoms with van der Waals surface area (Å²) in [4.78, 5) is 23.7. The maximum absolute atomic E-state index is 12.7. The summed E-state index contributed by atoms with van der Waals surface area (Å²) in [6.07, 6.45) is -5.09. The topological polar surface area (TPSA) is 72.6 Å². The SMILES string of the molecule is COC(=O)[C@@H]1Cc2ccc(N)cc2CN1C(=O)C(F)(F)F. The summed E-state index contributed by atoms with van der Waals surface area (Å²) in [5.41, 5.74) is 7.14. The molecule has 1 aromatic rings. The highest BCUT2D eigenvalue weighted by Gasteiger charge is 2.47. The molecule has 0 unspecified atom stereocenters. The summed E-state index contributed by atoms with van der Waals surface area (Å²) in [5.74, 6) is -2.94. The Morgan fingerprint density at radius 1 is 1.33 bits per heavy atom. The number of rotatable bonds is 1. The fraction of sp³-hybridized carbons (Fsp3) is 0.385. The number of amides is 1. The van der Waals surface area contributed by atoms with Crippen molar-refractivity contribution in [2.24, 2.45) is 0 Å². The molecule has 0 saturated heterocycles. The maximum Gasteiger partial charge on any atom is 0.471 e. The highest BCUT2D eigenvalue weighted by Crippen LogP contribution is 2.29. The van der Waals surface area contributed by atoms with Crippen LogP contribution in [0.5, 0.6) is 0 Å². The smallest absolute Gasteiger partial charge is 0.467 e. The number of nitrogens with zero attached hydrogens (tertiary/aromatic N) is 1. The minimum atomic E-state index is -5.05.